The summed E-state index contributed by atoms with van der Waals surface area (Å²) in [6, 6.07) is 0. The van der Waals surface area contributed by atoms with Crippen molar-refractivity contribution in [3.63, 3.8) is 0 Å². The molecule has 5 nitrogen and oxygen atoms in total. The molecule has 0 saturated carbocycles. The zero-order chi connectivity index (χ0) is 15.8. The predicted molar refractivity (Wildman–Crippen MR) is 77.1 cm³/mol. The molecule has 20 heavy (non-hydrogen) atoms. The van der Waals surface area contributed by atoms with E-state index in [2.05, 4.69) is 16.1 Å². The Morgan fingerprint density at radius 2 is 1.65 bits per heavy atom. The number of rotatable bonds is 8. The van der Waals surface area contributed by atoms with Crippen molar-refractivity contribution in [1.82, 2.24) is 0 Å². The van der Waals surface area contributed by atoms with Crippen molar-refractivity contribution >= 4 is 17.7 Å². The van der Waals surface area contributed by atoms with E-state index in [1.807, 2.05) is 12.2 Å². The van der Waals surface area contributed by atoms with Crippen molar-refractivity contribution in [2.75, 3.05) is 14.2 Å². The molecule has 0 heterocycles. The maximum absolute atomic E-state index is 10.6. The molecular weight excluding hydrogens is 260 g/mol. The highest BCUT2D eigenvalue weighted by Gasteiger charge is 2.01. The fourth-order valence-electron chi connectivity index (χ4n) is 1.10. The van der Waals surface area contributed by atoms with Gasteiger partial charge in [-0.2, -0.15) is 0 Å². The van der Waals surface area contributed by atoms with Crippen LogP contribution in [0, 0.1) is 0 Å². The largest absolute Gasteiger partial charge is 0.469 e. The fraction of sp³-hybridized carbons (Fsp3) is 0.533. The minimum atomic E-state index is -0.475. The van der Waals surface area contributed by atoms with Gasteiger partial charge in [-0.1, -0.05) is 24.8 Å². The SMILES string of the molecule is C=CC=CCCCCC(=O)OC.COC(=O)CC(C)=O. The van der Waals surface area contributed by atoms with Gasteiger partial charge < -0.3 is 9.47 Å². The van der Waals surface area contributed by atoms with Gasteiger partial charge in [0.25, 0.3) is 0 Å². The number of hydrogen-bond donors (Lipinski definition) is 0. The van der Waals surface area contributed by atoms with Crippen molar-refractivity contribution in [3.05, 3.63) is 24.8 Å². The number of ketones is 1. The van der Waals surface area contributed by atoms with E-state index in [0.29, 0.717) is 6.42 Å². The Balaban J connectivity index is 0. The molecule has 114 valence electrons. The van der Waals surface area contributed by atoms with Crippen molar-refractivity contribution < 1.29 is 23.9 Å². The van der Waals surface area contributed by atoms with Gasteiger partial charge >= 0.3 is 11.9 Å². The Hall–Kier alpha value is -1.91. The highest BCUT2D eigenvalue weighted by atomic mass is 16.5. The van der Waals surface area contributed by atoms with Crippen LogP contribution in [0.1, 0.15) is 39.0 Å². The van der Waals surface area contributed by atoms with Gasteiger partial charge in [-0.15, -0.1) is 0 Å². The first-order valence-electron chi connectivity index (χ1n) is 6.38. The first kappa shape index (κ1) is 20.4. The van der Waals surface area contributed by atoms with Gasteiger partial charge in [0, 0.05) is 6.42 Å². The normalized spacial score (nSPS) is 9.35. The maximum Gasteiger partial charge on any atom is 0.313 e. The Bertz CT molecular complexity index is 331. The standard InChI is InChI=1S/C10H16O2.C5H8O3/c1-3-4-5-6-7-8-9-10(11)12-2;1-4(6)3-5(7)8-2/h3-5H,1,6-9H2,2H3;3H2,1-2H3. The molecule has 0 atom stereocenters. The number of allylic oxidation sites excluding steroid dienone is 3. The molecule has 0 saturated heterocycles. The third kappa shape index (κ3) is 18.5. The topological polar surface area (TPSA) is 69.7 Å². The van der Waals surface area contributed by atoms with Gasteiger partial charge in [0.15, 0.2) is 0 Å². The number of hydrogen-bond acceptors (Lipinski definition) is 5. The molecule has 5 heteroatoms. The number of Topliss-reactive ketones (excluding diaryl/α,β-unsaturated/α-hetero) is 1. The molecule has 0 fully saturated rings. The lowest BCUT2D eigenvalue weighted by Gasteiger charge is -1.96. The van der Waals surface area contributed by atoms with Crippen molar-refractivity contribution in [2.45, 2.75) is 39.0 Å². The zero-order valence-electron chi connectivity index (χ0n) is 12.5. The Labute approximate surface area is 120 Å². The van der Waals surface area contributed by atoms with E-state index in [-0.39, 0.29) is 18.2 Å². The van der Waals surface area contributed by atoms with Crippen LogP contribution in [-0.2, 0) is 23.9 Å². The molecule has 0 spiro atoms. The summed E-state index contributed by atoms with van der Waals surface area (Å²) in [5.41, 5.74) is 0. The Morgan fingerprint density at radius 3 is 2.05 bits per heavy atom. The number of carbonyl (C=O) groups is 3. The second-order valence-corrected chi connectivity index (χ2v) is 3.94. The summed E-state index contributed by atoms with van der Waals surface area (Å²) in [5.74, 6) is -0.767. The Kier molecular flexibility index (Phi) is 15.5. The summed E-state index contributed by atoms with van der Waals surface area (Å²) < 4.78 is 8.71. The minimum Gasteiger partial charge on any atom is -0.469 e. The smallest absolute Gasteiger partial charge is 0.313 e. The lowest BCUT2D eigenvalue weighted by molar-refractivity contribution is -0.143. The average Bonchev–Trinajstić information content (AvgIpc) is 2.42. The summed E-state index contributed by atoms with van der Waals surface area (Å²) in [6.45, 7) is 4.90. The number of esters is 2. The van der Waals surface area contributed by atoms with E-state index < -0.39 is 5.97 Å². The van der Waals surface area contributed by atoms with E-state index in [4.69, 9.17) is 0 Å². The molecular formula is C15H24O5. The van der Waals surface area contributed by atoms with Gasteiger partial charge in [-0.3, -0.25) is 14.4 Å². The van der Waals surface area contributed by atoms with E-state index in [1.165, 1.54) is 21.1 Å². The second-order valence-electron chi connectivity index (χ2n) is 3.94. The third-order valence-electron chi connectivity index (χ3n) is 2.12. The summed E-state index contributed by atoms with van der Waals surface area (Å²) in [4.78, 5) is 30.9. The molecule has 0 aliphatic rings. The summed E-state index contributed by atoms with van der Waals surface area (Å²) in [6.07, 6.45) is 9.05. The van der Waals surface area contributed by atoms with Gasteiger partial charge in [0.05, 0.1) is 14.2 Å². The first-order valence-corrected chi connectivity index (χ1v) is 6.38. The molecule has 0 amide bonds. The highest BCUT2D eigenvalue weighted by molar-refractivity contribution is 5.93. The quantitative estimate of drug-likeness (QED) is 0.296. The van der Waals surface area contributed by atoms with Crippen LogP contribution in [0.2, 0.25) is 0 Å². The van der Waals surface area contributed by atoms with Crippen molar-refractivity contribution in [1.29, 1.82) is 0 Å². The molecule has 0 radical (unpaired) electrons. The van der Waals surface area contributed by atoms with Crippen LogP contribution in [0.15, 0.2) is 24.8 Å². The monoisotopic (exact) mass is 284 g/mol. The lowest BCUT2D eigenvalue weighted by Crippen LogP contribution is -2.05. The molecule has 0 aromatic rings. The third-order valence-corrected chi connectivity index (χ3v) is 2.12. The number of carbonyl (C=O) groups excluding carboxylic acids is 3. The van der Waals surface area contributed by atoms with Gasteiger partial charge in [-0.25, -0.2) is 0 Å². The van der Waals surface area contributed by atoms with Gasteiger partial charge in [-0.05, 0) is 26.2 Å². The van der Waals surface area contributed by atoms with Crippen molar-refractivity contribution in [2.24, 2.45) is 0 Å². The zero-order valence-corrected chi connectivity index (χ0v) is 12.5. The van der Waals surface area contributed by atoms with Crippen LogP contribution in [0.25, 0.3) is 0 Å². The van der Waals surface area contributed by atoms with Crippen LogP contribution in [-0.4, -0.2) is 31.9 Å². The highest BCUT2D eigenvalue weighted by Crippen LogP contribution is 2.01. The van der Waals surface area contributed by atoms with Gasteiger partial charge in [0.2, 0.25) is 0 Å². The number of unbranched alkanes of at least 4 members (excludes halogenated alkanes) is 2. The van der Waals surface area contributed by atoms with E-state index in [1.54, 1.807) is 6.08 Å². The number of ether oxygens (including phenoxy) is 2. The molecule has 0 rings (SSSR count). The van der Waals surface area contributed by atoms with Crippen LogP contribution in [0.5, 0.6) is 0 Å². The van der Waals surface area contributed by atoms with E-state index in [0.717, 1.165) is 19.3 Å². The van der Waals surface area contributed by atoms with Crippen LogP contribution < -0.4 is 0 Å². The molecule has 0 bridgehead atoms. The lowest BCUT2D eigenvalue weighted by atomic mass is 10.2. The minimum absolute atomic E-state index is 0.115. The Morgan fingerprint density at radius 1 is 1.05 bits per heavy atom. The molecule has 0 N–H and O–H groups in total. The van der Waals surface area contributed by atoms with E-state index in [9.17, 15) is 14.4 Å². The summed E-state index contributed by atoms with van der Waals surface area (Å²) >= 11 is 0. The van der Waals surface area contributed by atoms with Crippen LogP contribution >= 0.6 is 0 Å². The maximum atomic E-state index is 10.6. The predicted octanol–water partition coefficient (Wildman–Crippen LogP) is 2.60. The second kappa shape index (κ2) is 15.1. The average molecular weight is 284 g/mol. The molecule has 0 aromatic heterocycles. The summed E-state index contributed by atoms with van der Waals surface area (Å²) in [7, 11) is 2.67. The molecule has 0 aromatic carbocycles. The molecule has 0 unspecified atom stereocenters. The molecule has 0 aliphatic carbocycles. The van der Waals surface area contributed by atoms with E-state index >= 15 is 0 Å². The van der Waals surface area contributed by atoms with Gasteiger partial charge in [0.1, 0.15) is 12.2 Å². The van der Waals surface area contributed by atoms with Crippen molar-refractivity contribution in [3.8, 4) is 0 Å². The fourth-order valence-corrected chi connectivity index (χ4v) is 1.10. The molecule has 0 aliphatic heterocycles. The number of methoxy groups -OCH3 is 2. The van der Waals surface area contributed by atoms with Crippen LogP contribution in [0.3, 0.4) is 0 Å². The van der Waals surface area contributed by atoms with Crippen LogP contribution in [0.4, 0.5) is 0 Å². The first-order chi connectivity index (χ1) is 9.47. The summed E-state index contributed by atoms with van der Waals surface area (Å²) in [5, 5.41) is 0.